The summed E-state index contributed by atoms with van der Waals surface area (Å²) in [4.78, 5) is 31.3. The van der Waals surface area contributed by atoms with Crippen LogP contribution >= 0.6 is 0 Å². The van der Waals surface area contributed by atoms with Crippen LogP contribution in [0.15, 0.2) is 102 Å². The van der Waals surface area contributed by atoms with Crippen LogP contribution in [-0.4, -0.2) is 29.3 Å². The number of para-hydroxylation sites is 1. The third-order valence-corrected chi connectivity index (χ3v) is 4.57. The lowest BCUT2D eigenvalue weighted by Gasteiger charge is -2.19. The van der Waals surface area contributed by atoms with Gasteiger partial charge in [-0.25, -0.2) is 9.79 Å². The Bertz CT molecular complexity index is 1110. The maximum Gasteiger partial charge on any atom is 0.334 e. The van der Waals surface area contributed by atoms with E-state index in [1.54, 1.807) is 6.08 Å². The standard InChI is InChI=1S/C24H21N5O2/c30-23-21(16-18-10-4-1-5-11-18)26-22(19-12-6-2-7-13-19)29(23)17-25-24(31)28-27-20-14-8-3-9-15-20/h1-16,27H,17H2,(H2,25,28,31)/b21-16+. The molecule has 1 aliphatic rings. The number of hydrogen-bond acceptors (Lipinski definition) is 4. The first-order valence-electron chi connectivity index (χ1n) is 9.78. The van der Waals surface area contributed by atoms with E-state index in [0.717, 1.165) is 16.8 Å². The highest BCUT2D eigenvalue weighted by molar-refractivity contribution is 6.19. The van der Waals surface area contributed by atoms with Crippen molar-refractivity contribution >= 4 is 29.5 Å². The molecule has 3 aromatic carbocycles. The zero-order valence-electron chi connectivity index (χ0n) is 16.7. The molecule has 0 radical (unpaired) electrons. The number of carbonyl (C=O) groups excluding carboxylic acids is 2. The molecule has 0 bridgehead atoms. The minimum atomic E-state index is -0.468. The molecule has 0 spiro atoms. The highest BCUT2D eigenvalue weighted by atomic mass is 16.2. The van der Waals surface area contributed by atoms with Crippen LogP contribution in [0.25, 0.3) is 6.08 Å². The number of carbonyl (C=O) groups is 2. The molecule has 7 nitrogen and oxygen atoms in total. The van der Waals surface area contributed by atoms with Crippen LogP contribution < -0.4 is 16.2 Å². The second-order valence-corrected chi connectivity index (χ2v) is 6.75. The summed E-state index contributed by atoms with van der Waals surface area (Å²) in [5, 5.41) is 2.69. The maximum absolute atomic E-state index is 13.0. The van der Waals surface area contributed by atoms with Gasteiger partial charge in [0, 0.05) is 5.56 Å². The van der Waals surface area contributed by atoms with Crippen LogP contribution in [0.1, 0.15) is 11.1 Å². The van der Waals surface area contributed by atoms with Gasteiger partial charge in [0.25, 0.3) is 5.91 Å². The van der Waals surface area contributed by atoms with Crippen molar-refractivity contribution < 1.29 is 9.59 Å². The first kappa shape index (κ1) is 19.9. The number of aliphatic imine (C=N–C) groups is 1. The van der Waals surface area contributed by atoms with Crippen LogP contribution in [0.3, 0.4) is 0 Å². The molecular weight excluding hydrogens is 390 g/mol. The monoisotopic (exact) mass is 411 g/mol. The summed E-state index contributed by atoms with van der Waals surface area (Å²) < 4.78 is 0. The molecule has 3 amide bonds. The number of hydrogen-bond donors (Lipinski definition) is 3. The summed E-state index contributed by atoms with van der Waals surface area (Å²) in [6.07, 6.45) is 1.74. The highest BCUT2D eigenvalue weighted by Gasteiger charge is 2.31. The maximum atomic E-state index is 13.0. The summed E-state index contributed by atoms with van der Waals surface area (Å²) in [7, 11) is 0. The molecule has 0 aliphatic carbocycles. The smallest absolute Gasteiger partial charge is 0.319 e. The van der Waals surface area contributed by atoms with Gasteiger partial charge in [-0.1, -0.05) is 78.9 Å². The molecule has 0 atom stereocenters. The number of amides is 3. The fourth-order valence-corrected chi connectivity index (χ4v) is 3.06. The fraction of sp³-hybridized carbons (Fsp3) is 0.0417. The first-order valence-corrected chi connectivity index (χ1v) is 9.78. The highest BCUT2D eigenvalue weighted by Crippen LogP contribution is 2.21. The van der Waals surface area contributed by atoms with Crippen LogP contribution in [0.4, 0.5) is 10.5 Å². The quantitative estimate of drug-likeness (QED) is 0.428. The van der Waals surface area contributed by atoms with E-state index in [2.05, 4.69) is 21.2 Å². The van der Waals surface area contributed by atoms with Crippen molar-refractivity contribution in [2.75, 3.05) is 12.1 Å². The third-order valence-electron chi connectivity index (χ3n) is 4.57. The number of benzene rings is 3. The lowest BCUT2D eigenvalue weighted by atomic mass is 10.2. The molecule has 154 valence electrons. The average Bonchev–Trinajstić information content (AvgIpc) is 3.13. The summed E-state index contributed by atoms with van der Waals surface area (Å²) in [5.41, 5.74) is 8.08. The number of nitrogens with one attached hydrogen (secondary N) is 3. The van der Waals surface area contributed by atoms with Gasteiger partial charge in [-0.05, 0) is 23.8 Å². The van der Waals surface area contributed by atoms with Gasteiger partial charge in [-0.15, -0.1) is 0 Å². The Labute approximate surface area is 180 Å². The Kier molecular flexibility index (Phi) is 6.04. The van der Waals surface area contributed by atoms with Gasteiger partial charge in [-0.3, -0.25) is 20.5 Å². The van der Waals surface area contributed by atoms with E-state index in [9.17, 15) is 9.59 Å². The number of anilines is 1. The molecule has 7 heteroatoms. The van der Waals surface area contributed by atoms with E-state index in [-0.39, 0.29) is 12.6 Å². The molecule has 0 unspecified atom stereocenters. The Hall–Kier alpha value is -4.39. The summed E-state index contributed by atoms with van der Waals surface area (Å²) in [6.45, 7) is -0.0268. The fourth-order valence-electron chi connectivity index (χ4n) is 3.06. The van der Waals surface area contributed by atoms with Crippen molar-refractivity contribution in [2.45, 2.75) is 0 Å². The van der Waals surface area contributed by atoms with Crippen LogP contribution in [-0.2, 0) is 4.79 Å². The minimum absolute atomic E-state index is 0.0268. The van der Waals surface area contributed by atoms with Crippen molar-refractivity contribution in [3.63, 3.8) is 0 Å². The Morgan fingerprint density at radius 2 is 1.48 bits per heavy atom. The van der Waals surface area contributed by atoms with Gasteiger partial charge in [0.1, 0.15) is 18.2 Å². The number of nitrogens with zero attached hydrogens (tertiary/aromatic N) is 2. The van der Waals surface area contributed by atoms with Gasteiger partial charge in [0.2, 0.25) is 0 Å². The second kappa shape index (κ2) is 9.41. The number of amidine groups is 1. The number of rotatable bonds is 6. The first-order chi connectivity index (χ1) is 15.2. The molecule has 3 aromatic rings. The van der Waals surface area contributed by atoms with Gasteiger partial charge in [-0.2, -0.15) is 0 Å². The zero-order chi connectivity index (χ0) is 21.5. The van der Waals surface area contributed by atoms with Gasteiger partial charge >= 0.3 is 6.03 Å². The van der Waals surface area contributed by atoms with Crippen molar-refractivity contribution in [3.8, 4) is 0 Å². The topological polar surface area (TPSA) is 85.8 Å². The largest absolute Gasteiger partial charge is 0.334 e. The van der Waals surface area contributed by atoms with Crippen molar-refractivity contribution in [1.82, 2.24) is 15.6 Å². The van der Waals surface area contributed by atoms with Crippen molar-refractivity contribution in [1.29, 1.82) is 0 Å². The summed E-state index contributed by atoms with van der Waals surface area (Å²) in [6, 6.07) is 27.7. The molecule has 0 saturated heterocycles. The number of hydrazine groups is 1. The van der Waals surface area contributed by atoms with Crippen molar-refractivity contribution in [3.05, 3.63) is 108 Å². The normalized spacial score (nSPS) is 14.3. The molecule has 1 aliphatic heterocycles. The molecule has 31 heavy (non-hydrogen) atoms. The predicted octanol–water partition coefficient (Wildman–Crippen LogP) is 3.60. The average molecular weight is 411 g/mol. The Morgan fingerprint density at radius 3 is 2.16 bits per heavy atom. The second-order valence-electron chi connectivity index (χ2n) is 6.75. The van der Waals surface area contributed by atoms with Crippen LogP contribution in [0, 0.1) is 0 Å². The van der Waals surface area contributed by atoms with Gasteiger partial charge in [0.15, 0.2) is 0 Å². The van der Waals surface area contributed by atoms with E-state index >= 15 is 0 Å². The lowest BCUT2D eigenvalue weighted by molar-refractivity contribution is -0.122. The van der Waals surface area contributed by atoms with Crippen LogP contribution in [0.5, 0.6) is 0 Å². The third kappa shape index (κ3) is 4.97. The molecule has 1 heterocycles. The van der Waals surface area contributed by atoms with Gasteiger partial charge < -0.3 is 5.32 Å². The number of urea groups is 1. The Morgan fingerprint density at radius 1 is 0.871 bits per heavy atom. The molecule has 0 aromatic heterocycles. The lowest BCUT2D eigenvalue weighted by Crippen LogP contribution is -2.47. The summed E-state index contributed by atoms with van der Waals surface area (Å²) >= 11 is 0. The SMILES string of the molecule is O=C(NCN1C(=O)/C(=C\c2ccccc2)N=C1c1ccccc1)NNc1ccccc1. The van der Waals surface area contributed by atoms with E-state index in [1.165, 1.54) is 4.90 Å². The summed E-state index contributed by atoms with van der Waals surface area (Å²) in [5.74, 6) is 0.211. The van der Waals surface area contributed by atoms with Gasteiger partial charge in [0.05, 0.1) is 5.69 Å². The molecule has 0 saturated carbocycles. The van der Waals surface area contributed by atoms with E-state index in [0.29, 0.717) is 11.5 Å². The molecule has 3 N–H and O–H groups in total. The zero-order valence-corrected chi connectivity index (χ0v) is 16.7. The van der Waals surface area contributed by atoms with E-state index in [4.69, 9.17) is 0 Å². The van der Waals surface area contributed by atoms with E-state index < -0.39 is 6.03 Å². The van der Waals surface area contributed by atoms with Crippen molar-refractivity contribution in [2.24, 2.45) is 4.99 Å². The molecule has 0 fully saturated rings. The predicted molar refractivity (Wildman–Crippen MR) is 121 cm³/mol. The minimum Gasteiger partial charge on any atom is -0.319 e. The Balaban J connectivity index is 1.48. The van der Waals surface area contributed by atoms with E-state index in [1.807, 2.05) is 91.0 Å². The van der Waals surface area contributed by atoms with Crippen LogP contribution in [0.2, 0.25) is 0 Å². The molecule has 4 rings (SSSR count). The molecular formula is C24H21N5O2.